The van der Waals surface area contributed by atoms with E-state index in [9.17, 15) is 4.79 Å². The van der Waals surface area contributed by atoms with Crippen LogP contribution < -0.4 is 11.1 Å². The Bertz CT molecular complexity index is 638. The molecule has 2 aromatic rings. The zero-order valence-electron chi connectivity index (χ0n) is 12.8. The number of nitrogens with two attached hydrogens (primary N) is 1. The van der Waals surface area contributed by atoms with Gasteiger partial charge in [0, 0.05) is 17.1 Å². The second kappa shape index (κ2) is 7.43. The SMILES string of the molecule is CC(C)C(NC(=O)c1ccc(CN)cc1)c1ccccc1Cl. The molecule has 1 atom stereocenters. The van der Waals surface area contributed by atoms with Crippen LogP contribution in [0.2, 0.25) is 5.02 Å². The highest BCUT2D eigenvalue weighted by atomic mass is 35.5. The molecule has 1 amide bonds. The zero-order chi connectivity index (χ0) is 16.1. The molecule has 3 N–H and O–H groups in total. The lowest BCUT2D eigenvalue weighted by Gasteiger charge is -2.24. The van der Waals surface area contributed by atoms with Gasteiger partial charge in [-0.2, -0.15) is 0 Å². The molecule has 0 spiro atoms. The highest BCUT2D eigenvalue weighted by Gasteiger charge is 2.21. The molecular formula is C18H21ClN2O. The standard InChI is InChI=1S/C18H21ClN2O/c1-12(2)17(15-5-3-4-6-16(15)19)21-18(22)14-9-7-13(11-20)8-10-14/h3-10,12,17H,11,20H2,1-2H3,(H,21,22). The van der Waals surface area contributed by atoms with Gasteiger partial charge in [-0.3, -0.25) is 4.79 Å². The first-order valence-electron chi connectivity index (χ1n) is 7.37. The van der Waals surface area contributed by atoms with Gasteiger partial charge < -0.3 is 11.1 Å². The van der Waals surface area contributed by atoms with Crippen LogP contribution in [0.15, 0.2) is 48.5 Å². The molecule has 0 fully saturated rings. The van der Waals surface area contributed by atoms with Crippen LogP contribution in [-0.4, -0.2) is 5.91 Å². The summed E-state index contributed by atoms with van der Waals surface area (Å²) in [7, 11) is 0. The summed E-state index contributed by atoms with van der Waals surface area (Å²) in [6.45, 7) is 4.59. The topological polar surface area (TPSA) is 55.1 Å². The molecule has 2 rings (SSSR count). The minimum atomic E-state index is -0.129. The largest absolute Gasteiger partial charge is 0.345 e. The third-order valence-electron chi connectivity index (χ3n) is 3.65. The fourth-order valence-corrected chi connectivity index (χ4v) is 2.60. The van der Waals surface area contributed by atoms with E-state index in [0.29, 0.717) is 17.1 Å². The van der Waals surface area contributed by atoms with E-state index in [1.165, 1.54) is 0 Å². The molecule has 116 valence electrons. The summed E-state index contributed by atoms with van der Waals surface area (Å²) in [5, 5.41) is 3.74. The smallest absolute Gasteiger partial charge is 0.251 e. The molecule has 0 radical (unpaired) electrons. The monoisotopic (exact) mass is 316 g/mol. The molecule has 0 saturated heterocycles. The van der Waals surface area contributed by atoms with Crippen LogP contribution in [0.3, 0.4) is 0 Å². The second-order valence-corrected chi connectivity index (χ2v) is 6.02. The number of carbonyl (C=O) groups is 1. The maximum Gasteiger partial charge on any atom is 0.251 e. The van der Waals surface area contributed by atoms with Crippen LogP contribution in [0.5, 0.6) is 0 Å². The average Bonchev–Trinajstić information content (AvgIpc) is 2.53. The first-order valence-corrected chi connectivity index (χ1v) is 7.75. The van der Waals surface area contributed by atoms with Gasteiger partial charge in [-0.15, -0.1) is 0 Å². The van der Waals surface area contributed by atoms with E-state index in [0.717, 1.165) is 11.1 Å². The van der Waals surface area contributed by atoms with Crippen molar-refractivity contribution >= 4 is 17.5 Å². The summed E-state index contributed by atoms with van der Waals surface area (Å²) >= 11 is 6.27. The van der Waals surface area contributed by atoms with Gasteiger partial charge in [0.2, 0.25) is 0 Å². The first kappa shape index (κ1) is 16.5. The van der Waals surface area contributed by atoms with Crippen molar-refractivity contribution < 1.29 is 4.79 Å². The third-order valence-corrected chi connectivity index (χ3v) is 3.99. The Labute approximate surface area is 136 Å². The van der Waals surface area contributed by atoms with Gasteiger partial charge in [0.05, 0.1) is 6.04 Å². The minimum Gasteiger partial charge on any atom is -0.345 e. The van der Waals surface area contributed by atoms with E-state index in [2.05, 4.69) is 19.2 Å². The molecule has 0 saturated carbocycles. The Morgan fingerprint density at radius 2 is 1.77 bits per heavy atom. The van der Waals surface area contributed by atoms with Gasteiger partial charge in [0.25, 0.3) is 5.91 Å². The van der Waals surface area contributed by atoms with Crippen LogP contribution in [0.1, 0.15) is 41.4 Å². The van der Waals surface area contributed by atoms with E-state index in [1.807, 2.05) is 36.4 Å². The van der Waals surface area contributed by atoms with Crippen molar-refractivity contribution in [2.45, 2.75) is 26.4 Å². The molecule has 1 unspecified atom stereocenters. The van der Waals surface area contributed by atoms with E-state index in [-0.39, 0.29) is 17.9 Å². The predicted octanol–water partition coefficient (Wildman–Crippen LogP) is 3.93. The average molecular weight is 317 g/mol. The third kappa shape index (κ3) is 3.87. The maximum atomic E-state index is 12.5. The molecule has 3 nitrogen and oxygen atoms in total. The summed E-state index contributed by atoms with van der Waals surface area (Å²) in [4.78, 5) is 12.5. The van der Waals surface area contributed by atoms with Crippen molar-refractivity contribution in [2.75, 3.05) is 0 Å². The van der Waals surface area contributed by atoms with Crippen molar-refractivity contribution in [3.05, 3.63) is 70.2 Å². The normalized spacial score (nSPS) is 12.2. The molecule has 22 heavy (non-hydrogen) atoms. The number of hydrogen-bond acceptors (Lipinski definition) is 2. The summed E-state index contributed by atoms with van der Waals surface area (Å²) in [6, 6.07) is 14.8. The zero-order valence-corrected chi connectivity index (χ0v) is 13.6. The van der Waals surface area contributed by atoms with Crippen molar-refractivity contribution in [1.82, 2.24) is 5.32 Å². The fraction of sp³-hybridized carbons (Fsp3) is 0.278. The Kier molecular flexibility index (Phi) is 5.58. The molecule has 0 aliphatic heterocycles. The predicted molar refractivity (Wildman–Crippen MR) is 90.8 cm³/mol. The lowest BCUT2D eigenvalue weighted by molar-refractivity contribution is 0.0925. The number of halogens is 1. The Balaban J connectivity index is 2.20. The summed E-state index contributed by atoms with van der Waals surface area (Å²) in [5.41, 5.74) is 8.13. The van der Waals surface area contributed by atoms with Crippen LogP contribution in [-0.2, 0) is 6.54 Å². The number of hydrogen-bond donors (Lipinski definition) is 2. The number of rotatable bonds is 5. The first-order chi connectivity index (χ1) is 10.5. The lowest BCUT2D eigenvalue weighted by atomic mass is 9.95. The molecular weight excluding hydrogens is 296 g/mol. The molecule has 0 heterocycles. The van der Waals surface area contributed by atoms with Gasteiger partial charge in [0.1, 0.15) is 0 Å². The van der Waals surface area contributed by atoms with Gasteiger partial charge in [-0.25, -0.2) is 0 Å². The van der Waals surface area contributed by atoms with Crippen molar-refractivity contribution in [2.24, 2.45) is 11.7 Å². The Morgan fingerprint density at radius 3 is 2.32 bits per heavy atom. The van der Waals surface area contributed by atoms with Crippen LogP contribution in [0.25, 0.3) is 0 Å². The second-order valence-electron chi connectivity index (χ2n) is 5.62. The Morgan fingerprint density at radius 1 is 1.14 bits per heavy atom. The number of nitrogens with one attached hydrogen (secondary N) is 1. The summed E-state index contributed by atoms with van der Waals surface area (Å²) < 4.78 is 0. The molecule has 0 aliphatic carbocycles. The molecule has 0 aliphatic rings. The van der Waals surface area contributed by atoms with Crippen molar-refractivity contribution in [3.8, 4) is 0 Å². The van der Waals surface area contributed by atoms with Crippen molar-refractivity contribution in [1.29, 1.82) is 0 Å². The van der Waals surface area contributed by atoms with E-state index >= 15 is 0 Å². The highest BCUT2D eigenvalue weighted by molar-refractivity contribution is 6.31. The van der Waals surface area contributed by atoms with Gasteiger partial charge >= 0.3 is 0 Å². The minimum absolute atomic E-state index is 0.109. The summed E-state index contributed by atoms with van der Waals surface area (Å²) in [5.74, 6) is 0.120. The van der Waals surface area contributed by atoms with E-state index < -0.39 is 0 Å². The Hall–Kier alpha value is -1.84. The number of carbonyl (C=O) groups excluding carboxylic acids is 1. The van der Waals surface area contributed by atoms with Gasteiger partial charge in [-0.05, 0) is 35.2 Å². The molecule has 0 bridgehead atoms. The van der Waals surface area contributed by atoms with Crippen LogP contribution in [0, 0.1) is 5.92 Å². The van der Waals surface area contributed by atoms with Crippen molar-refractivity contribution in [3.63, 3.8) is 0 Å². The highest BCUT2D eigenvalue weighted by Crippen LogP contribution is 2.28. The van der Waals surface area contributed by atoms with E-state index in [1.54, 1.807) is 12.1 Å². The number of amides is 1. The van der Waals surface area contributed by atoms with Gasteiger partial charge in [-0.1, -0.05) is 55.8 Å². The molecule has 0 aromatic heterocycles. The maximum absolute atomic E-state index is 12.5. The van der Waals surface area contributed by atoms with E-state index in [4.69, 9.17) is 17.3 Å². The quantitative estimate of drug-likeness (QED) is 0.878. The lowest BCUT2D eigenvalue weighted by Crippen LogP contribution is -2.32. The van der Waals surface area contributed by atoms with Crippen LogP contribution >= 0.6 is 11.6 Å². The summed E-state index contributed by atoms with van der Waals surface area (Å²) in [6.07, 6.45) is 0. The van der Waals surface area contributed by atoms with Gasteiger partial charge in [0.15, 0.2) is 0 Å². The fourth-order valence-electron chi connectivity index (χ4n) is 2.35. The van der Waals surface area contributed by atoms with Crippen LogP contribution in [0.4, 0.5) is 0 Å². The number of benzene rings is 2. The molecule has 4 heteroatoms. The molecule has 2 aromatic carbocycles.